The van der Waals surface area contributed by atoms with Gasteiger partial charge >= 0.3 is 0 Å². The number of nitrogens with zero attached hydrogens (tertiary/aromatic N) is 4. The molecule has 0 saturated carbocycles. The highest BCUT2D eigenvalue weighted by molar-refractivity contribution is 6.29. The predicted octanol–water partition coefficient (Wildman–Crippen LogP) is 3.71. The number of hydrogen-bond donors (Lipinski definition) is 1. The Kier molecular flexibility index (Phi) is 7.18. The predicted molar refractivity (Wildman–Crippen MR) is 120 cm³/mol. The zero-order valence-corrected chi connectivity index (χ0v) is 18.2. The van der Waals surface area contributed by atoms with Crippen LogP contribution < -0.4 is 10.2 Å². The average Bonchev–Trinajstić information content (AvgIpc) is 2.73. The van der Waals surface area contributed by atoms with Crippen molar-refractivity contribution in [3.63, 3.8) is 0 Å². The van der Waals surface area contributed by atoms with Gasteiger partial charge in [0.15, 0.2) is 0 Å². The summed E-state index contributed by atoms with van der Waals surface area (Å²) >= 11 is 6.03. The number of piperazine rings is 1. The number of pyridine rings is 3. The summed E-state index contributed by atoms with van der Waals surface area (Å²) < 4.78 is 4.55. The number of nitrogens with one attached hydrogen (secondary N) is 1. The quantitative estimate of drug-likeness (QED) is 0.504. The maximum Gasteiger partial charge on any atom is 0.293 e. The van der Waals surface area contributed by atoms with Crippen LogP contribution in [-0.4, -0.2) is 53.2 Å². The van der Waals surface area contributed by atoms with Crippen LogP contribution in [-0.2, 0) is 9.53 Å². The summed E-state index contributed by atoms with van der Waals surface area (Å²) in [6, 6.07) is 7.86. The molecule has 4 rings (SSSR count). The SMILES string of the molecule is CC(C)(C)OC=O.Clc1cc(-c2cc3cnccc3c(N3CCNCC3)n2)ccn1. The van der Waals surface area contributed by atoms with Crippen molar-refractivity contribution in [3.05, 3.63) is 48.0 Å². The molecule has 7 nitrogen and oxygen atoms in total. The molecule has 0 aliphatic carbocycles. The molecule has 4 heterocycles. The van der Waals surface area contributed by atoms with Gasteiger partial charge in [-0.2, -0.15) is 0 Å². The van der Waals surface area contributed by atoms with E-state index in [9.17, 15) is 4.79 Å². The van der Waals surface area contributed by atoms with Crippen molar-refractivity contribution in [2.75, 3.05) is 31.1 Å². The number of ether oxygens (including phenoxy) is 1. The smallest absolute Gasteiger partial charge is 0.293 e. The second-order valence-electron chi connectivity index (χ2n) is 7.86. The third-order valence-electron chi connectivity index (χ3n) is 4.45. The number of rotatable bonds is 3. The van der Waals surface area contributed by atoms with Gasteiger partial charge in [0.25, 0.3) is 6.47 Å². The molecule has 0 atom stereocenters. The lowest BCUT2D eigenvalue weighted by Crippen LogP contribution is -2.44. The van der Waals surface area contributed by atoms with E-state index in [0.29, 0.717) is 11.6 Å². The van der Waals surface area contributed by atoms with E-state index in [0.717, 1.165) is 54.0 Å². The number of aromatic nitrogens is 3. The fourth-order valence-electron chi connectivity index (χ4n) is 3.05. The number of carbonyl (C=O) groups is 1. The largest absolute Gasteiger partial charge is 0.462 e. The zero-order valence-electron chi connectivity index (χ0n) is 17.4. The van der Waals surface area contributed by atoms with E-state index in [1.165, 1.54) is 0 Å². The van der Waals surface area contributed by atoms with Crippen LogP contribution in [0, 0.1) is 0 Å². The maximum absolute atomic E-state index is 9.60. The van der Waals surface area contributed by atoms with Crippen molar-refractivity contribution in [3.8, 4) is 11.3 Å². The third-order valence-corrected chi connectivity index (χ3v) is 4.66. The van der Waals surface area contributed by atoms with Crippen LogP contribution in [0.1, 0.15) is 20.8 Å². The monoisotopic (exact) mass is 427 g/mol. The molecule has 3 aromatic rings. The highest BCUT2D eigenvalue weighted by atomic mass is 35.5. The minimum atomic E-state index is -0.318. The van der Waals surface area contributed by atoms with Gasteiger partial charge in [-0.1, -0.05) is 11.6 Å². The number of anilines is 1. The Balaban J connectivity index is 0.000000318. The molecular weight excluding hydrogens is 402 g/mol. The summed E-state index contributed by atoms with van der Waals surface area (Å²) in [4.78, 5) is 25.1. The Morgan fingerprint density at radius 2 is 1.93 bits per heavy atom. The van der Waals surface area contributed by atoms with E-state index in [2.05, 4.69) is 31.0 Å². The Hall–Kier alpha value is -2.77. The van der Waals surface area contributed by atoms with Crippen molar-refractivity contribution < 1.29 is 9.53 Å². The number of fused-ring (bicyclic) bond motifs is 1. The fourth-order valence-corrected chi connectivity index (χ4v) is 3.22. The lowest BCUT2D eigenvalue weighted by molar-refractivity contribution is -0.138. The van der Waals surface area contributed by atoms with Gasteiger partial charge in [-0.3, -0.25) is 9.78 Å². The second kappa shape index (κ2) is 9.82. The first-order chi connectivity index (χ1) is 14.4. The Morgan fingerprint density at radius 3 is 2.57 bits per heavy atom. The molecule has 0 bridgehead atoms. The Labute approximate surface area is 181 Å². The molecule has 8 heteroatoms. The van der Waals surface area contributed by atoms with Crippen molar-refractivity contribution >= 4 is 34.7 Å². The molecule has 1 fully saturated rings. The Morgan fingerprint density at radius 1 is 1.17 bits per heavy atom. The topological polar surface area (TPSA) is 80.2 Å². The van der Waals surface area contributed by atoms with Gasteiger partial charge in [0.2, 0.25) is 0 Å². The average molecular weight is 428 g/mol. The van der Waals surface area contributed by atoms with Gasteiger partial charge in [0, 0.05) is 61.1 Å². The summed E-state index contributed by atoms with van der Waals surface area (Å²) in [5.74, 6) is 1.01. The third kappa shape index (κ3) is 5.87. The molecule has 1 aliphatic heterocycles. The molecule has 1 aliphatic rings. The Bertz CT molecular complexity index is 1000. The minimum Gasteiger partial charge on any atom is -0.462 e. The van der Waals surface area contributed by atoms with Gasteiger partial charge in [0.1, 0.15) is 16.6 Å². The van der Waals surface area contributed by atoms with Crippen molar-refractivity contribution in [2.45, 2.75) is 26.4 Å². The van der Waals surface area contributed by atoms with Crippen molar-refractivity contribution in [1.29, 1.82) is 0 Å². The first-order valence-corrected chi connectivity index (χ1v) is 10.2. The lowest BCUT2D eigenvalue weighted by Gasteiger charge is -2.29. The molecule has 158 valence electrons. The van der Waals surface area contributed by atoms with E-state index in [-0.39, 0.29) is 5.60 Å². The van der Waals surface area contributed by atoms with Gasteiger partial charge in [-0.25, -0.2) is 9.97 Å². The van der Waals surface area contributed by atoms with Gasteiger partial charge < -0.3 is 15.0 Å². The van der Waals surface area contributed by atoms with Crippen LogP contribution in [0.2, 0.25) is 5.15 Å². The second-order valence-corrected chi connectivity index (χ2v) is 8.25. The molecule has 0 radical (unpaired) electrons. The lowest BCUT2D eigenvalue weighted by atomic mass is 10.1. The highest BCUT2D eigenvalue weighted by Gasteiger charge is 2.16. The van der Waals surface area contributed by atoms with Crippen LogP contribution in [0.3, 0.4) is 0 Å². The van der Waals surface area contributed by atoms with Crippen molar-refractivity contribution in [2.24, 2.45) is 0 Å². The van der Waals surface area contributed by atoms with E-state index in [4.69, 9.17) is 16.6 Å². The van der Waals surface area contributed by atoms with Gasteiger partial charge in [-0.05, 0) is 45.0 Å². The van der Waals surface area contributed by atoms with E-state index in [1.807, 2.05) is 51.4 Å². The van der Waals surface area contributed by atoms with Crippen LogP contribution in [0.5, 0.6) is 0 Å². The molecule has 3 aromatic heterocycles. The first-order valence-electron chi connectivity index (χ1n) is 9.81. The normalized spacial score (nSPS) is 14.1. The molecule has 0 unspecified atom stereocenters. The summed E-state index contributed by atoms with van der Waals surface area (Å²) in [5, 5.41) is 6.06. The number of hydrogen-bond acceptors (Lipinski definition) is 7. The van der Waals surface area contributed by atoms with Gasteiger partial charge in [0.05, 0.1) is 5.69 Å². The number of halogens is 1. The number of carbonyl (C=O) groups excluding carboxylic acids is 1. The molecule has 0 spiro atoms. The maximum atomic E-state index is 9.60. The van der Waals surface area contributed by atoms with E-state index < -0.39 is 0 Å². The summed E-state index contributed by atoms with van der Waals surface area (Å²) in [6.45, 7) is 9.76. The van der Waals surface area contributed by atoms with Crippen LogP contribution in [0.25, 0.3) is 22.0 Å². The van der Waals surface area contributed by atoms with Crippen LogP contribution in [0.15, 0.2) is 42.9 Å². The molecule has 30 heavy (non-hydrogen) atoms. The first kappa shape index (κ1) is 21.9. The molecular formula is C22H26ClN5O2. The standard InChI is InChI=1S/C17H16ClN5.C5H10O2/c18-16-10-12(1-4-21-16)15-9-13-11-20-3-2-14(13)17(22-15)23-7-5-19-6-8-23;1-5(2,3)7-4-6/h1-4,9-11,19H,5-8H2;4H,1-3H3. The summed E-state index contributed by atoms with van der Waals surface area (Å²) in [5.41, 5.74) is 1.54. The summed E-state index contributed by atoms with van der Waals surface area (Å²) in [7, 11) is 0. The zero-order chi connectivity index (χ0) is 21.6. The molecule has 0 amide bonds. The molecule has 1 N–H and O–H groups in total. The molecule has 0 aromatic carbocycles. The fraction of sp³-hybridized carbons (Fsp3) is 0.364. The van der Waals surface area contributed by atoms with Gasteiger partial charge in [-0.15, -0.1) is 0 Å². The van der Waals surface area contributed by atoms with E-state index in [1.54, 1.807) is 6.20 Å². The highest BCUT2D eigenvalue weighted by Crippen LogP contribution is 2.30. The van der Waals surface area contributed by atoms with Crippen LogP contribution in [0.4, 0.5) is 5.82 Å². The summed E-state index contributed by atoms with van der Waals surface area (Å²) in [6.07, 6.45) is 5.41. The van der Waals surface area contributed by atoms with E-state index >= 15 is 0 Å². The van der Waals surface area contributed by atoms with Crippen LogP contribution >= 0.6 is 11.6 Å². The minimum absolute atomic E-state index is 0.318. The molecule has 1 saturated heterocycles. The van der Waals surface area contributed by atoms with Crippen molar-refractivity contribution in [1.82, 2.24) is 20.3 Å².